The van der Waals surface area contributed by atoms with Gasteiger partial charge in [0.2, 0.25) is 5.78 Å². The van der Waals surface area contributed by atoms with Crippen molar-refractivity contribution in [2.45, 2.75) is 12.5 Å². The Morgan fingerprint density at radius 3 is 2.55 bits per heavy atom. The molecule has 0 saturated heterocycles. The molecule has 1 atom stereocenters. The number of carbonyl (C=O) groups is 2. The van der Waals surface area contributed by atoms with Crippen molar-refractivity contribution in [3.63, 3.8) is 0 Å². The zero-order valence-corrected chi connectivity index (χ0v) is 18.9. The van der Waals surface area contributed by atoms with Crippen LogP contribution in [0.4, 0.5) is 0 Å². The third-order valence-corrected chi connectivity index (χ3v) is 5.92. The number of carbonyl (C=O) groups excluding carboxylic acids is 2. The number of hydrogen-bond acceptors (Lipinski definition) is 5. The van der Waals surface area contributed by atoms with Crippen LogP contribution in [0, 0.1) is 0 Å². The number of aliphatic hydroxyl groups is 1. The molecule has 1 aliphatic rings. The van der Waals surface area contributed by atoms with Gasteiger partial charge < -0.3 is 19.3 Å². The molecule has 1 amide bonds. The number of nitrogens with zero attached hydrogens (tertiary/aromatic N) is 2. The van der Waals surface area contributed by atoms with Gasteiger partial charge in [0.1, 0.15) is 5.58 Å². The number of furan rings is 1. The van der Waals surface area contributed by atoms with Gasteiger partial charge in [0.25, 0.3) is 5.91 Å². The van der Waals surface area contributed by atoms with Crippen molar-refractivity contribution in [2.75, 3.05) is 27.2 Å². The molecule has 1 aromatic heterocycles. The summed E-state index contributed by atoms with van der Waals surface area (Å²) in [5.41, 5.74) is 1.39. The third-order valence-electron chi connectivity index (χ3n) is 5.39. The van der Waals surface area contributed by atoms with E-state index in [0.717, 1.165) is 22.0 Å². The summed E-state index contributed by atoms with van der Waals surface area (Å²) >= 11 is 3.42. The normalized spacial score (nSPS) is 16.7. The molecule has 3 aromatic rings. The maximum Gasteiger partial charge on any atom is 0.290 e. The molecule has 0 aliphatic carbocycles. The molecular weight excluding hydrogens is 460 g/mol. The van der Waals surface area contributed by atoms with Gasteiger partial charge in [-0.3, -0.25) is 9.59 Å². The number of Topliss-reactive ketones (excluding diaryl/α,β-unsaturated/α-hetero) is 1. The SMILES string of the molecule is CN(C)CCCN1C(=O)C(O)=C(C(=O)c2cc3ccccc3o2)[C@@H]1c1ccc(Br)cc1. The number of benzene rings is 2. The molecule has 0 bridgehead atoms. The van der Waals surface area contributed by atoms with Gasteiger partial charge in [0.15, 0.2) is 11.5 Å². The summed E-state index contributed by atoms with van der Waals surface area (Å²) in [6.45, 7) is 1.20. The van der Waals surface area contributed by atoms with Gasteiger partial charge in [0.05, 0.1) is 11.6 Å². The Bertz CT molecular complexity index is 1130. The van der Waals surface area contributed by atoms with Crippen LogP contribution in [0.3, 0.4) is 0 Å². The Balaban J connectivity index is 1.74. The van der Waals surface area contributed by atoms with Crippen LogP contribution < -0.4 is 0 Å². The largest absolute Gasteiger partial charge is 0.503 e. The number of rotatable bonds is 7. The molecule has 4 rings (SSSR count). The van der Waals surface area contributed by atoms with Crippen LogP contribution in [-0.4, -0.2) is 53.8 Å². The minimum Gasteiger partial charge on any atom is -0.503 e. The number of aliphatic hydroxyl groups excluding tert-OH is 1. The molecular formula is C24H23BrN2O4. The molecule has 1 N–H and O–H groups in total. The van der Waals surface area contributed by atoms with Gasteiger partial charge >= 0.3 is 0 Å². The fourth-order valence-electron chi connectivity index (χ4n) is 3.89. The summed E-state index contributed by atoms with van der Waals surface area (Å²) in [5.74, 6) is -1.42. The molecule has 7 heteroatoms. The Morgan fingerprint density at radius 2 is 1.87 bits per heavy atom. The predicted octanol–water partition coefficient (Wildman–Crippen LogP) is 4.73. The Morgan fingerprint density at radius 1 is 1.16 bits per heavy atom. The smallest absolute Gasteiger partial charge is 0.290 e. The van der Waals surface area contributed by atoms with Gasteiger partial charge in [-0.2, -0.15) is 0 Å². The molecule has 0 unspecified atom stereocenters. The standard InChI is InChI=1S/C24H23BrN2O4/c1-26(2)12-5-13-27-21(15-8-10-17(25)11-9-15)20(23(29)24(27)30)22(28)19-14-16-6-3-4-7-18(16)31-19/h3-4,6-11,14,21,29H,5,12-13H2,1-2H3/t21-/m0/s1. The van der Waals surface area contributed by atoms with Crippen LogP contribution in [0.1, 0.15) is 28.6 Å². The van der Waals surface area contributed by atoms with E-state index in [2.05, 4.69) is 15.9 Å². The van der Waals surface area contributed by atoms with Crippen molar-refractivity contribution >= 4 is 38.6 Å². The number of halogens is 1. The maximum atomic E-state index is 13.4. The summed E-state index contributed by atoms with van der Waals surface area (Å²) in [6, 6.07) is 15.7. The summed E-state index contributed by atoms with van der Waals surface area (Å²) < 4.78 is 6.63. The van der Waals surface area contributed by atoms with Crippen molar-refractivity contribution < 1.29 is 19.1 Å². The number of ketones is 1. The average molecular weight is 483 g/mol. The molecule has 31 heavy (non-hydrogen) atoms. The topological polar surface area (TPSA) is 74.0 Å². The van der Waals surface area contributed by atoms with Crippen LogP contribution in [0.25, 0.3) is 11.0 Å². The van der Waals surface area contributed by atoms with Crippen molar-refractivity contribution in [2.24, 2.45) is 0 Å². The van der Waals surface area contributed by atoms with E-state index < -0.39 is 23.5 Å². The molecule has 1 aliphatic heterocycles. The highest BCUT2D eigenvalue weighted by Gasteiger charge is 2.44. The summed E-state index contributed by atoms with van der Waals surface area (Å²) in [6.07, 6.45) is 0.713. The zero-order chi connectivity index (χ0) is 22.1. The first-order chi connectivity index (χ1) is 14.9. The summed E-state index contributed by atoms with van der Waals surface area (Å²) in [5, 5.41) is 11.5. The number of para-hydroxylation sites is 1. The molecule has 0 radical (unpaired) electrons. The van der Waals surface area contributed by atoms with Crippen LogP contribution in [0.5, 0.6) is 0 Å². The van der Waals surface area contributed by atoms with E-state index in [9.17, 15) is 14.7 Å². The Hall–Kier alpha value is -2.90. The van der Waals surface area contributed by atoms with Crippen molar-refractivity contribution in [3.8, 4) is 0 Å². The van der Waals surface area contributed by atoms with Crippen molar-refractivity contribution in [3.05, 3.63) is 81.7 Å². The predicted molar refractivity (Wildman–Crippen MR) is 122 cm³/mol. The van der Waals surface area contributed by atoms with E-state index in [4.69, 9.17) is 4.42 Å². The second-order valence-electron chi connectivity index (χ2n) is 7.85. The van der Waals surface area contributed by atoms with Gasteiger partial charge in [0, 0.05) is 16.4 Å². The fraction of sp³-hybridized carbons (Fsp3) is 0.250. The van der Waals surface area contributed by atoms with Gasteiger partial charge in [-0.1, -0.05) is 46.3 Å². The lowest BCUT2D eigenvalue weighted by Gasteiger charge is -2.27. The number of amides is 1. The van der Waals surface area contributed by atoms with Crippen LogP contribution >= 0.6 is 15.9 Å². The highest BCUT2D eigenvalue weighted by atomic mass is 79.9. The van der Waals surface area contributed by atoms with Crippen LogP contribution in [0.15, 0.2) is 74.8 Å². The second-order valence-corrected chi connectivity index (χ2v) is 8.77. The fourth-order valence-corrected chi connectivity index (χ4v) is 4.16. The van der Waals surface area contributed by atoms with E-state index in [-0.39, 0.29) is 11.3 Å². The van der Waals surface area contributed by atoms with E-state index in [1.807, 2.05) is 61.5 Å². The summed E-state index contributed by atoms with van der Waals surface area (Å²) in [7, 11) is 3.93. The first-order valence-corrected chi connectivity index (χ1v) is 10.8. The zero-order valence-electron chi connectivity index (χ0n) is 17.3. The molecule has 160 valence electrons. The Labute approximate surface area is 188 Å². The lowest BCUT2D eigenvalue weighted by atomic mass is 9.95. The first-order valence-electron chi connectivity index (χ1n) is 10.0. The monoisotopic (exact) mass is 482 g/mol. The highest BCUT2D eigenvalue weighted by molar-refractivity contribution is 9.10. The van der Waals surface area contributed by atoms with Crippen molar-refractivity contribution in [1.82, 2.24) is 9.80 Å². The number of fused-ring (bicyclic) bond motifs is 1. The van der Waals surface area contributed by atoms with Crippen LogP contribution in [0.2, 0.25) is 0 Å². The lowest BCUT2D eigenvalue weighted by Crippen LogP contribution is -2.33. The lowest BCUT2D eigenvalue weighted by molar-refractivity contribution is -0.129. The second kappa shape index (κ2) is 8.69. The molecule has 6 nitrogen and oxygen atoms in total. The average Bonchev–Trinajstić information content (AvgIpc) is 3.28. The number of hydrogen-bond donors (Lipinski definition) is 1. The van der Waals surface area contributed by atoms with Gasteiger partial charge in [-0.25, -0.2) is 0 Å². The minimum atomic E-state index is -0.677. The van der Waals surface area contributed by atoms with Crippen molar-refractivity contribution in [1.29, 1.82) is 0 Å². The quantitative estimate of drug-likeness (QED) is 0.492. The first kappa shape index (κ1) is 21.3. The van der Waals surface area contributed by atoms with Gasteiger partial charge in [-0.05, 0) is 56.9 Å². The van der Waals surface area contributed by atoms with E-state index in [0.29, 0.717) is 18.5 Å². The molecule has 2 heterocycles. The highest BCUT2D eigenvalue weighted by Crippen LogP contribution is 2.40. The summed E-state index contributed by atoms with van der Waals surface area (Å²) in [4.78, 5) is 30.0. The van der Waals surface area contributed by atoms with E-state index >= 15 is 0 Å². The minimum absolute atomic E-state index is 0.0521. The maximum absolute atomic E-state index is 13.4. The molecule has 0 spiro atoms. The Kier molecular flexibility index (Phi) is 5.98. The molecule has 2 aromatic carbocycles. The van der Waals surface area contributed by atoms with E-state index in [1.165, 1.54) is 0 Å². The molecule has 0 fully saturated rings. The van der Waals surface area contributed by atoms with Crippen LogP contribution in [-0.2, 0) is 4.79 Å². The molecule has 0 saturated carbocycles. The third kappa shape index (κ3) is 4.16. The van der Waals surface area contributed by atoms with Gasteiger partial charge in [-0.15, -0.1) is 0 Å². The van der Waals surface area contributed by atoms with E-state index in [1.54, 1.807) is 17.0 Å².